The van der Waals surface area contributed by atoms with Crippen LogP contribution < -0.4 is 4.74 Å². The van der Waals surface area contributed by atoms with Crippen LogP contribution in [0.2, 0.25) is 0 Å². The first kappa shape index (κ1) is 19.8. The number of carbonyl (C=O) groups is 1. The minimum absolute atomic E-state index is 0.0384. The van der Waals surface area contributed by atoms with E-state index >= 15 is 0 Å². The number of rotatable bonds is 6. The Morgan fingerprint density at radius 3 is 2.59 bits per heavy atom. The lowest BCUT2D eigenvalue weighted by atomic mass is 10.1. The van der Waals surface area contributed by atoms with Crippen LogP contribution in [-0.2, 0) is 21.2 Å². The third-order valence-electron chi connectivity index (χ3n) is 4.39. The van der Waals surface area contributed by atoms with E-state index in [1.165, 1.54) is 24.3 Å². The number of benzene rings is 2. The van der Waals surface area contributed by atoms with Crippen LogP contribution in [0.4, 0.5) is 4.39 Å². The number of hydrogen-bond donors (Lipinski definition) is 0. The molecule has 0 bridgehead atoms. The Labute approximate surface area is 166 Å². The van der Waals surface area contributed by atoms with Gasteiger partial charge in [0, 0.05) is 17.1 Å². The molecule has 1 atom stereocenters. The van der Waals surface area contributed by atoms with E-state index in [-0.39, 0.29) is 35.9 Å². The van der Waals surface area contributed by atoms with Gasteiger partial charge in [0.05, 0.1) is 11.5 Å². The summed E-state index contributed by atoms with van der Waals surface area (Å²) in [6.07, 6.45) is 0.415. The highest BCUT2D eigenvalue weighted by Gasteiger charge is 2.34. The Bertz CT molecular complexity index is 918. The molecule has 27 heavy (non-hydrogen) atoms. The highest BCUT2D eigenvalue weighted by atomic mass is 79.9. The number of carbonyl (C=O) groups excluding carboxylic acids is 1. The van der Waals surface area contributed by atoms with Gasteiger partial charge in [-0.1, -0.05) is 28.1 Å². The highest BCUT2D eigenvalue weighted by molar-refractivity contribution is 9.10. The van der Waals surface area contributed by atoms with Gasteiger partial charge in [-0.25, -0.2) is 12.8 Å². The van der Waals surface area contributed by atoms with Crippen molar-refractivity contribution >= 4 is 31.7 Å². The molecule has 0 radical (unpaired) electrons. The van der Waals surface area contributed by atoms with Crippen molar-refractivity contribution in [2.45, 2.75) is 19.0 Å². The number of amides is 1. The van der Waals surface area contributed by atoms with Crippen molar-refractivity contribution in [3.05, 3.63) is 64.4 Å². The summed E-state index contributed by atoms with van der Waals surface area (Å²) >= 11 is 3.40. The van der Waals surface area contributed by atoms with Gasteiger partial charge in [0.2, 0.25) is 0 Å². The molecular weight excluding hydrogens is 437 g/mol. The van der Waals surface area contributed by atoms with E-state index in [1.807, 2.05) is 24.3 Å². The molecule has 5 nitrogen and oxygen atoms in total. The van der Waals surface area contributed by atoms with Crippen LogP contribution in [0, 0.1) is 5.82 Å². The maximum atomic E-state index is 13.0. The molecule has 1 aliphatic heterocycles. The summed E-state index contributed by atoms with van der Waals surface area (Å²) in [7, 11) is -3.13. The zero-order valence-corrected chi connectivity index (χ0v) is 16.9. The van der Waals surface area contributed by atoms with Crippen molar-refractivity contribution in [1.82, 2.24) is 4.90 Å². The van der Waals surface area contributed by atoms with E-state index in [4.69, 9.17) is 4.74 Å². The minimum atomic E-state index is -3.13. The van der Waals surface area contributed by atoms with Gasteiger partial charge in [-0.3, -0.25) is 4.79 Å². The summed E-state index contributed by atoms with van der Waals surface area (Å²) in [6, 6.07) is 12.5. The molecule has 0 aliphatic carbocycles. The first-order valence-corrected chi connectivity index (χ1v) is 11.1. The zero-order chi connectivity index (χ0) is 19.4. The predicted octanol–water partition coefficient (Wildman–Crippen LogP) is 3.18. The molecule has 144 valence electrons. The Morgan fingerprint density at radius 1 is 1.22 bits per heavy atom. The average molecular weight is 456 g/mol. The van der Waals surface area contributed by atoms with Crippen LogP contribution in [0.15, 0.2) is 53.0 Å². The van der Waals surface area contributed by atoms with Gasteiger partial charge in [0.1, 0.15) is 11.6 Å². The summed E-state index contributed by atoms with van der Waals surface area (Å²) < 4.78 is 43.1. The SMILES string of the molecule is O=C(COc1ccc(F)cc1)N(Cc1cccc(Br)c1)[C@H]1CCS(=O)(=O)C1. The van der Waals surface area contributed by atoms with Crippen molar-refractivity contribution in [1.29, 1.82) is 0 Å². The van der Waals surface area contributed by atoms with Crippen LogP contribution in [0.5, 0.6) is 5.75 Å². The van der Waals surface area contributed by atoms with Crippen LogP contribution in [0.3, 0.4) is 0 Å². The van der Waals surface area contributed by atoms with Crippen molar-refractivity contribution in [2.24, 2.45) is 0 Å². The Kier molecular flexibility index (Phi) is 6.16. The molecular formula is C19H19BrFNO4S. The van der Waals surface area contributed by atoms with Crippen LogP contribution in [0.1, 0.15) is 12.0 Å². The summed E-state index contributed by atoms with van der Waals surface area (Å²) in [6.45, 7) is 0.0570. The molecule has 2 aromatic rings. The fourth-order valence-electron chi connectivity index (χ4n) is 3.03. The third kappa shape index (κ3) is 5.52. The average Bonchev–Trinajstić information content (AvgIpc) is 2.98. The molecule has 0 unspecified atom stereocenters. The monoisotopic (exact) mass is 455 g/mol. The smallest absolute Gasteiger partial charge is 0.261 e. The second kappa shape index (κ2) is 8.39. The number of hydrogen-bond acceptors (Lipinski definition) is 4. The first-order valence-electron chi connectivity index (χ1n) is 8.45. The molecule has 0 N–H and O–H groups in total. The van der Waals surface area contributed by atoms with E-state index in [9.17, 15) is 17.6 Å². The molecule has 0 saturated carbocycles. The molecule has 1 fully saturated rings. The molecule has 1 aliphatic rings. The molecule has 8 heteroatoms. The molecule has 1 heterocycles. The maximum Gasteiger partial charge on any atom is 0.261 e. The van der Waals surface area contributed by atoms with E-state index in [1.54, 1.807) is 4.90 Å². The largest absolute Gasteiger partial charge is 0.484 e. The lowest BCUT2D eigenvalue weighted by molar-refractivity contribution is -0.136. The van der Waals surface area contributed by atoms with Crippen molar-refractivity contribution in [3.63, 3.8) is 0 Å². The van der Waals surface area contributed by atoms with Gasteiger partial charge in [-0.05, 0) is 48.4 Å². The first-order chi connectivity index (χ1) is 12.8. The molecule has 2 aromatic carbocycles. The summed E-state index contributed by atoms with van der Waals surface area (Å²) in [5.41, 5.74) is 0.892. The standard InChI is InChI=1S/C19H19BrFNO4S/c20-15-3-1-2-14(10-15)11-22(17-8-9-27(24,25)13-17)19(23)12-26-18-6-4-16(21)5-7-18/h1-7,10,17H,8-9,11-13H2/t17-/m0/s1. The fourth-order valence-corrected chi connectivity index (χ4v) is 5.21. The summed E-state index contributed by atoms with van der Waals surface area (Å²) in [5.74, 6) is -0.268. The molecule has 0 aromatic heterocycles. The second-order valence-electron chi connectivity index (χ2n) is 6.45. The van der Waals surface area contributed by atoms with Gasteiger partial charge >= 0.3 is 0 Å². The molecule has 3 rings (SSSR count). The lowest BCUT2D eigenvalue weighted by Crippen LogP contribution is -2.43. The van der Waals surface area contributed by atoms with Crippen molar-refractivity contribution in [2.75, 3.05) is 18.1 Å². The quantitative estimate of drug-likeness (QED) is 0.670. The number of halogens is 2. The highest BCUT2D eigenvalue weighted by Crippen LogP contribution is 2.22. The van der Waals surface area contributed by atoms with E-state index in [2.05, 4.69) is 15.9 Å². The molecule has 0 spiro atoms. The lowest BCUT2D eigenvalue weighted by Gasteiger charge is -2.28. The normalized spacial score (nSPS) is 18.2. The fraction of sp³-hybridized carbons (Fsp3) is 0.316. The third-order valence-corrected chi connectivity index (χ3v) is 6.63. The van der Waals surface area contributed by atoms with Gasteiger partial charge in [-0.15, -0.1) is 0 Å². The summed E-state index contributed by atoms with van der Waals surface area (Å²) in [5, 5.41) is 0. The zero-order valence-electron chi connectivity index (χ0n) is 14.5. The second-order valence-corrected chi connectivity index (χ2v) is 9.60. The van der Waals surface area contributed by atoms with Crippen molar-refractivity contribution in [3.8, 4) is 5.75 Å². The van der Waals surface area contributed by atoms with Gasteiger partial charge in [-0.2, -0.15) is 0 Å². The predicted molar refractivity (Wildman–Crippen MR) is 104 cm³/mol. The van der Waals surface area contributed by atoms with Gasteiger partial charge < -0.3 is 9.64 Å². The van der Waals surface area contributed by atoms with Gasteiger partial charge in [0.25, 0.3) is 5.91 Å². The Balaban J connectivity index is 1.73. The Hall–Kier alpha value is -1.93. The minimum Gasteiger partial charge on any atom is -0.484 e. The molecule has 1 amide bonds. The van der Waals surface area contributed by atoms with E-state index in [0.717, 1.165) is 10.0 Å². The Morgan fingerprint density at radius 2 is 1.96 bits per heavy atom. The van der Waals surface area contributed by atoms with Crippen LogP contribution in [-0.4, -0.2) is 43.4 Å². The van der Waals surface area contributed by atoms with E-state index < -0.39 is 9.84 Å². The number of sulfone groups is 1. The van der Waals surface area contributed by atoms with Crippen LogP contribution >= 0.6 is 15.9 Å². The van der Waals surface area contributed by atoms with Crippen molar-refractivity contribution < 1.29 is 22.3 Å². The van der Waals surface area contributed by atoms with Crippen LogP contribution in [0.25, 0.3) is 0 Å². The topological polar surface area (TPSA) is 63.7 Å². The summed E-state index contributed by atoms with van der Waals surface area (Å²) in [4.78, 5) is 14.4. The maximum absolute atomic E-state index is 13.0. The molecule has 1 saturated heterocycles. The van der Waals surface area contributed by atoms with E-state index in [0.29, 0.717) is 18.7 Å². The number of nitrogens with zero attached hydrogens (tertiary/aromatic N) is 1. The van der Waals surface area contributed by atoms with Gasteiger partial charge in [0.15, 0.2) is 16.4 Å². The number of ether oxygens (including phenoxy) is 1.